The highest BCUT2D eigenvalue weighted by Gasteiger charge is 2.11. The smallest absolute Gasteiger partial charge is 0.335 e. The Morgan fingerprint density at radius 1 is 1.29 bits per heavy atom. The van der Waals surface area contributed by atoms with Gasteiger partial charge in [-0.1, -0.05) is 18.2 Å². The van der Waals surface area contributed by atoms with Crippen LogP contribution in [-0.4, -0.2) is 27.7 Å². The number of aromatic amines is 1. The molecule has 0 aliphatic carbocycles. The molecule has 0 saturated carbocycles. The number of hydrogen-bond donors (Lipinski definition) is 2. The summed E-state index contributed by atoms with van der Waals surface area (Å²) in [6.45, 7) is 0.259. The monoisotopic (exact) mass is 342 g/mol. The molecule has 7 heteroatoms. The van der Waals surface area contributed by atoms with E-state index in [0.29, 0.717) is 16.7 Å². The fourth-order valence-electron chi connectivity index (χ4n) is 2.54. The Labute approximate surface area is 142 Å². The standard InChI is InChI=1S/C17H14N2O4S/c1-23-14-5-3-2-4-11(14)9-19-15(20)12-7-6-10(16(21)22)8-13(12)18-17(19)24/h2-8H,9H2,1H3,(H,18,24)(H,21,22). The maximum absolute atomic E-state index is 12.7. The fourth-order valence-corrected chi connectivity index (χ4v) is 2.79. The van der Waals surface area contributed by atoms with E-state index >= 15 is 0 Å². The highest BCUT2D eigenvalue weighted by atomic mass is 32.1. The van der Waals surface area contributed by atoms with Gasteiger partial charge in [-0.25, -0.2) is 4.79 Å². The van der Waals surface area contributed by atoms with E-state index in [-0.39, 0.29) is 22.4 Å². The second-order valence-corrected chi connectivity index (χ2v) is 5.59. The van der Waals surface area contributed by atoms with E-state index in [9.17, 15) is 9.59 Å². The Balaban J connectivity index is 2.16. The quantitative estimate of drug-likeness (QED) is 0.712. The van der Waals surface area contributed by atoms with Crippen LogP contribution in [0.15, 0.2) is 47.3 Å². The molecular weight excluding hydrogens is 328 g/mol. The summed E-state index contributed by atoms with van der Waals surface area (Å²) >= 11 is 5.27. The number of H-pyrrole nitrogens is 1. The first-order valence-electron chi connectivity index (χ1n) is 7.13. The number of carboxylic acids is 1. The predicted octanol–water partition coefficient (Wildman–Crippen LogP) is 2.81. The van der Waals surface area contributed by atoms with Crippen LogP contribution in [0.3, 0.4) is 0 Å². The second-order valence-electron chi connectivity index (χ2n) is 5.20. The molecule has 0 unspecified atom stereocenters. The average Bonchev–Trinajstić information content (AvgIpc) is 2.58. The number of nitrogens with zero attached hydrogens (tertiary/aromatic N) is 1. The number of ether oxygens (including phenoxy) is 1. The van der Waals surface area contributed by atoms with E-state index < -0.39 is 5.97 Å². The third-order valence-corrected chi connectivity index (χ3v) is 4.07. The summed E-state index contributed by atoms with van der Waals surface area (Å²) in [7, 11) is 1.57. The molecule has 1 aromatic heterocycles. The van der Waals surface area contributed by atoms with Crippen LogP contribution in [0.5, 0.6) is 5.75 Å². The van der Waals surface area contributed by atoms with Gasteiger partial charge in [0, 0.05) is 5.56 Å². The van der Waals surface area contributed by atoms with Crippen LogP contribution < -0.4 is 10.3 Å². The highest BCUT2D eigenvalue weighted by Crippen LogP contribution is 2.18. The van der Waals surface area contributed by atoms with E-state index in [4.69, 9.17) is 22.1 Å². The van der Waals surface area contributed by atoms with Crippen molar-refractivity contribution < 1.29 is 14.6 Å². The highest BCUT2D eigenvalue weighted by molar-refractivity contribution is 7.71. The molecular formula is C17H14N2O4S. The molecule has 0 fully saturated rings. The molecule has 6 nitrogen and oxygen atoms in total. The first-order chi connectivity index (χ1) is 11.5. The molecule has 3 aromatic rings. The van der Waals surface area contributed by atoms with Crippen molar-refractivity contribution in [2.24, 2.45) is 0 Å². The van der Waals surface area contributed by atoms with E-state index in [0.717, 1.165) is 5.56 Å². The van der Waals surface area contributed by atoms with Gasteiger partial charge in [-0.2, -0.15) is 0 Å². The normalized spacial score (nSPS) is 10.7. The molecule has 122 valence electrons. The summed E-state index contributed by atoms with van der Waals surface area (Å²) in [5.41, 5.74) is 1.04. The van der Waals surface area contributed by atoms with Crippen LogP contribution in [0.25, 0.3) is 10.9 Å². The molecule has 2 N–H and O–H groups in total. The summed E-state index contributed by atoms with van der Waals surface area (Å²) in [4.78, 5) is 26.7. The first-order valence-corrected chi connectivity index (χ1v) is 7.54. The van der Waals surface area contributed by atoms with Crippen molar-refractivity contribution in [2.45, 2.75) is 6.54 Å². The molecule has 0 bridgehead atoms. The molecule has 0 radical (unpaired) electrons. The Bertz CT molecular complexity index is 1050. The summed E-state index contributed by atoms with van der Waals surface area (Å²) < 4.78 is 6.95. The van der Waals surface area contributed by atoms with Crippen LogP contribution in [0, 0.1) is 4.77 Å². The van der Waals surface area contributed by atoms with Gasteiger partial charge in [-0.15, -0.1) is 0 Å². The molecule has 0 saturated heterocycles. The summed E-state index contributed by atoms with van der Waals surface area (Å²) in [5.74, 6) is -0.394. The molecule has 24 heavy (non-hydrogen) atoms. The zero-order chi connectivity index (χ0) is 17.3. The molecule has 0 spiro atoms. The number of aromatic carboxylic acids is 1. The number of hydrogen-bond acceptors (Lipinski definition) is 4. The van der Waals surface area contributed by atoms with Crippen molar-refractivity contribution in [2.75, 3.05) is 7.11 Å². The van der Waals surface area contributed by atoms with Crippen LogP contribution >= 0.6 is 12.2 Å². The van der Waals surface area contributed by atoms with Gasteiger partial charge in [0.1, 0.15) is 5.75 Å². The van der Waals surface area contributed by atoms with Crippen molar-refractivity contribution in [3.8, 4) is 5.75 Å². The van der Waals surface area contributed by atoms with Crippen molar-refractivity contribution >= 4 is 29.1 Å². The fraction of sp³-hybridized carbons (Fsp3) is 0.118. The lowest BCUT2D eigenvalue weighted by Crippen LogP contribution is -2.23. The Hall–Kier alpha value is -2.93. The third-order valence-electron chi connectivity index (χ3n) is 3.75. The van der Waals surface area contributed by atoms with Gasteiger partial charge in [-0.05, 0) is 36.5 Å². The molecule has 0 aliphatic rings. The van der Waals surface area contributed by atoms with Gasteiger partial charge in [0.25, 0.3) is 5.56 Å². The van der Waals surface area contributed by atoms with Gasteiger partial charge < -0.3 is 14.8 Å². The lowest BCUT2D eigenvalue weighted by molar-refractivity contribution is 0.0697. The van der Waals surface area contributed by atoms with E-state index in [2.05, 4.69) is 4.98 Å². The number of fused-ring (bicyclic) bond motifs is 1. The van der Waals surface area contributed by atoms with Crippen LogP contribution in [0.1, 0.15) is 15.9 Å². The predicted molar refractivity (Wildman–Crippen MR) is 92.4 cm³/mol. The summed E-state index contributed by atoms with van der Waals surface area (Å²) in [6.07, 6.45) is 0. The molecule has 3 rings (SSSR count). The van der Waals surface area contributed by atoms with Gasteiger partial charge in [-0.3, -0.25) is 9.36 Å². The number of rotatable bonds is 4. The number of nitrogens with one attached hydrogen (secondary N) is 1. The van der Waals surface area contributed by atoms with Crippen LogP contribution in [0.2, 0.25) is 0 Å². The number of methoxy groups -OCH3 is 1. The minimum Gasteiger partial charge on any atom is -0.496 e. The second kappa shape index (κ2) is 6.29. The first kappa shape index (κ1) is 15.9. The van der Waals surface area contributed by atoms with Crippen molar-refractivity contribution in [1.82, 2.24) is 9.55 Å². The third kappa shape index (κ3) is 2.81. The molecule has 1 heterocycles. The maximum Gasteiger partial charge on any atom is 0.335 e. The zero-order valence-electron chi connectivity index (χ0n) is 12.8. The molecule has 0 aliphatic heterocycles. The molecule has 2 aromatic carbocycles. The number of para-hydroxylation sites is 1. The zero-order valence-corrected chi connectivity index (χ0v) is 13.6. The SMILES string of the molecule is COc1ccccc1Cn1c(=S)[nH]c2cc(C(=O)O)ccc2c1=O. The number of carbonyl (C=O) groups is 1. The van der Waals surface area contributed by atoms with Gasteiger partial charge in [0.05, 0.1) is 30.1 Å². The van der Waals surface area contributed by atoms with Crippen molar-refractivity contribution in [1.29, 1.82) is 0 Å². The lowest BCUT2D eigenvalue weighted by Gasteiger charge is -2.11. The Morgan fingerprint density at radius 3 is 2.75 bits per heavy atom. The summed E-state index contributed by atoms with van der Waals surface area (Å²) in [6, 6.07) is 11.7. The van der Waals surface area contributed by atoms with Crippen LogP contribution in [-0.2, 0) is 6.54 Å². The van der Waals surface area contributed by atoms with Gasteiger partial charge in [0.2, 0.25) is 0 Å². The van der Waals surface area contributed by atoms with Crippen LogP contribution in [0.4, 0.5) is 0 Å². The number of aromatic nitrogens is 2. The van der Waals surface area contributed by atoms with Gasteiger partial charge in [0.15, 0.2) is 4.77 Å². The van der Waals surface area contributed by atoms with E-state index in [1.54, 1.807) is 7.11 Å². The number of benzene rings is 2. The maximum atomic E-state index is 12.7. The van der Waals surface area contributed by atoms with Crippen molar-refractivity contribution in [3.63, 3.8) is 0 Å². The molecule has 0 amide bonds. The van der Waals surface area contributed by atoms with Gasteiger partial charge >= 0.3 is 5.97 Å². The Kier molecular flexibility index (Phi) is 4.18. The van der Waals surface area contributed by atoms with E-state index in [1.807, 2.05) is 24.3 Å². The minimum absolute atomic E-state index is 0.0926. The van der Waals surface area contributed by atoms with Crippen molar-refractivity contribution in [3.05, 3.63) is 68.7 Å². The molecule has 0 atom stereocenters. The summed E-state index contributed by atoms with van der Waals surface area (Å²) in [5, 5.41) is 9.43. The minimum atomic E-state index is -1.06. The average molecular weight is 342 g/mol. The lowest BCUT2D eigenvalue weighted by atomic mass is 10.1. The topological polar surface area (TPSA) is 84.3 Å². The largest absolute Gasteiger partial charge is 0.496 e. The number of carboxylic acid groups (broad SMARTS) is 1. The van der Waals surface area contributed by atoms with E-state index in [1.165, 1.54) is 22.8 Å². The Morgan fingerprint density at radius 2 is 2.04 bits per heavy atom.